The molecule has 0 amide bonds. The van der Waals surface area contributed by atoms with E-state index >= 15 is 0 Å². The van der Waals surface area contributed by atoms with Gasteiger partial charge < -0.3 is 4.23 Å². The van der Waals surface area contributed by atoms with Gasteiger partial charge in [-0.1, -0.05) is 64.8 Å². The molecule has 0 aliphatic heterocycles. The molecular formula is C12H29NSi2. The fourth-order valence-electron chi connectivity index (χ4n) is 2.02. The second-order valence-corrected chi connectivity index (χ2v) is 16.4. The van der Waals surface area contributed by atoms with Crippen molar-refractivity contribution in [2.24, 2.45) is 0 Å². The molecule has 0 radical (unpaired) electrons. The van der Waals surface area contributed by atoms with E-state index < -0.39 is 16.5 Å². The van der Waals surface area contributed by atoms with Crippen LogP contribution in [0, 0.1) is 0 Å². The van der Waals surface area contributed by atoms with E-state index in [0.717, 1.165) is 0 Å². The number of allylic oxidation sites excluding steroid dienone is 1. The summed E-state index contributed by atoms with van der Waals surface area (Å²) in [4.78, 5) is 0. The molecule has 0 atom stereocenters. The lowest BCUT2D eigenvalue weighted by Crippen LogP contribution is -2.58. The Kier molecular flexibility index (Phi) is 6.07. The van der Waals surface area contributed by atoms with E-state index in [-0.39, 0.29) is 0 Å². The van der Waals surface area contributed by atoms with Gasteiger partial charge in [0.1, 0.15) is 16.5 Å². The van der Waals surface area contributed by atoms with Gasteiger partial charge in [-0.25, -0.2) is 0 Å². The van der Waals surface area contributed by atoms with E-state index in [1.807, 2.05) is 0 Å². The molecule has 0 aromatic rings. The van der Waals surface area contributed by atoms with Crippen molar-refractivity contribution < 1.29 is 0 Å². The Morgan fingerprint density at radius 1 is 0.867 bits per heavy atom. The molecule has 0 spiro atoms. The average Bonchev–Trinajstić information content (AvgIpc) is 1.99. The minimum Gasteiger partial charge on any atom is -0.343 e. The molecule has 0 saturated carbocycles. The molecule has 0 fully saturated rings. The van der Waals surface area contributed by atoms with Crippen molar-refractivity contribution in [3.63, 3.8) is 0 Å². The fourth-order valence-corrected chi connectivity index (χ4v) is 11.4. The Balaban J connectivity index is 4.42. The maximum absolute atomic E-state index is 2.81. The van der Waals surface area contributed by atoms with Crippen LogP contribution in [0.1, 0.15) is 19.8 Å². The first kappa shape index (κ1) is 15.1. The van der Waals surface area contributed by atoms with Gasteiger partial charge in [0.2, 0.25) is 0 Å². The summed E-state index contributed by atoms with van der Waals surface area (Å²) in [6, 6.07) is 0. The molecule has 15 heavy (non-hydrogen) atoms. The molecular weight excluding hydrogens is 214 g/mol. The lowest BCUT2D eigenvalue weighted by Gasteiger charge is -2.43. The van der Waals surface area contributed by atoms with Crippen LogP contribution in [0.4, 0.5) is 0 Å². The highest BCUT2D eigenvalue weighted by Crippen LogP contribution is 2.19. The van der Waals surface area contributed by atoms with Crippen LogP contribution in [0.3, 0.4) is 0 Å². The molecule has 0 bridgehead atoms. The van der Waals surface area contributed by atoms with E-state index in [1.54, 1.807) is 0 Å². The van der Waals surface area contributed by atoms with Gasteiger partial charge in [0.05, 0.1) is 0 Å². The summed E-state index contributed by atoms with van der Waals surface area (Å²) in [5.41, 5.74) is 0. The van der Waals surface area contributed by atoms with Crippen LogP contribution in [0.5, 0.6) is 0 Å². The van der Waals surface area contributed by atoms with Crippen LogP contribution < -0.4 is 0 Å². The Bertz CT molecular complexity index is 185. The fraction of sp³-hybridized carbons (Fsp3) is 0.833. The molecule has 90 valence electrons. The van der Waals surface area contributed by atoms with Gasteiger partial charge in [-0.15, -0.1) is 0 Å². The molecule has 0 unspecified atom stereocenters. The van der Waals surface area contributed by atoms with E-state index in [0.29, 0.717) is 0 Å². The van der Waals surface area contributed by atoms with Gasteiger partial charge in [-0.2, -0.15) is 0 Å². The SMILES string of the molecule is CCC/C=C\CN([Si](C)(C)C)[Si](C)(C)C. The molecule has 0 heterocycles. The van der Waals surface area contributed by atoms with Crippen LogP contribution in [0.2, 0.25) is 39.3 Å². The number of hydrogen-bond donors (Lipinski definition) is 0. The summed E-state index contributed by atoms with van der Waals surface area (Å²) in [6.07, 6.45) is 7.20. The highest BCUT2D eigenvalue weighted by molar-refractivity contribution is 6.89. The smallest absolute Gasteiger partial charge is 0.112 e. The molecule has 0 aromatic heterocycles. The van der Waals surface area contributed by atoms with Gasteiger partial charge in [0.15, 0.2) is 0 Å². The number of unbranched alkanes of at least 4 members (excludes halogenated alkanes) is 1. The molecule has 1 nitrogen and oxygen atoms in total. The largest absolute Gasteiger partial charge is 0.343 e. The lowest BCUT2D eigenvalue weighted by molar-refractivity contribution is 0.685. The molecule has 0 aromatic carbocycles. The van der Waals surface area contributed by atoms with Gasteiger partial charge in [-0.05, 0) is 6.42 Å². The summed E-state index contributed by atoms with van der Waals surface area (Å²) in [5.74, 6) is 0. The number of hydrogen-bond acceptors (Lipinski definition) is 1. The Morgan fingerprint density at radius 3 is 1.67 bits per heavy atom. The maximum atomic E-state index is 2.81. The average molecular weight is 244 g/mol. The zero-order valence-corrected chi connectivity index (χ0v) is 13.7. The topological polar surface area (TPSA) is 3.24 Å². The van der Waals surface area contributed by atoms with Crippen LogP contribution in [0.15, 0.2) is 12.2 Å². The minimum atomic E-state index is -1.14. The van der Waals surface area contributed by atoms with E-state index in [4.69, 9.17) is 0 Å². The van der Waals surface area contributed by atoms with Gasteiger partial charge >= 0.3 is 0 Å². The Labute approximate surface area is 98.7 Å². The third-order valence-corrected chi connectivity index (χ3v) is 10.2. The van der Waals surface area contributed by atoms with Crippen molar-refractivity contribution in [3.05, 3.63) is 12.2 Å². The maximum Gasteiger partial charge on any atom is 0.112 e. The van der Waals surface area contributed by atoms with Crippen molar-refractivity contribution >= 4 is 16.5 Å². The van der Waals surface area contributed by atoms with Gasteiger partial charge in [-0.3, -0.25) is 0 Å². The first-order valence-corrected chi connectivity index (χ1v) is 13.0. The quantitative estimate of drug-likeness (QED) is 0.496. The predicted octanol–water partition coefficient (Wildman–Crippen LogP) is 4.31. The molecule has 0 aliphatic rings. The predicted molar refractivity (Wildman–Crippen MR) is 77.4 cm³/mol. The molecule has 3 heteroatoms. The van der Waals surface area contributed by atoms with Crippen LogP contribution >= 0.6 is 0 Å². The first-order chi connectivity index (χ1) is 6.69. The van der Waals surface area contributed by atoms with Crippen molar-refractivity contribution in [1.29, 1.82) is 0 Å². The second-order valence-electron chi connectivity index (χ2n) is 6.21. The minimum absolute atomic E-state index is 1.14. The van der Waals surface area contributed by atoms with Gasteiger partial charge in [0.25, 0.3) is 0 Å². The third kappa shape index (κ3) is 6.33. The van der Waals surface area contributed by atoms with Crippen molar-refractivity contribution in [2.75, 3.05) is 6.54 Å². The molecule has 0 aliphatic carbocycles. The van der Waals surface area contributed by atoms with Crippen molar-refractivity contribution in [3.8, 4) is 0 Å². The normalized spacial score (nSPS) is 14.1. The van der Waals surface area contributed by atoms with E-state index in [1.165, 1.54) is 19.4 Å². The highest BCUT2D eigenvalue weighted by atomic mass is 28.4. The standard InChI is InChI=1S/C12H29NSi2/c1-8-9-10-11-12-13(14(2,3)4)15(5,6)7/h10-11H,8-9,12H2,1-7H3/b11-10-. The van der Waals surface area contributed by atoms with Gasteiger partial charge in [0, 0.05) is 6.54 Å². The summed E-state index contributed by atoms with van der Waals surface area (Å²) < 4.78 is 2.81. The molecule has 0 rings (SSSR count). The highest BCUT2D eigenvalue weighted by Gasteiger charge is 2.32. The number of nitrogens with zero attached hydrogens (tertiary/aromatic N) is 1. The van der Waals surface area contributed by atoms with Crippen LogP contribution in [0.25, 0.3) is 0 Å². The summed E-state index contributed by atoms with van der Waals surface area (Å²) in [7, 11) is -2.28. The molecule has 0 saturated heterocycles. The summed E-state index contributed by atoms with van der Waals surface area (Å²) >= 11 is 0. The zero-order chi connectivity index (χ0) is 12.1. The third-order valence-electron chi connectivity index (χ3n) is 2.53. The summed E-state index contributed by atoms with van der Waals surface area (Å²) in [6.45, 7) is 18.2. The zero-order valence-electron chi connectivity index (χ0n) is 11.7. The lowest BCUT2D eigenvalue weighted by atomic mass is 10.3. The first-order valence-electron chi connectivity index (χ1n) is 6.12. The van der Waals surface area contributed by atoms with Crippen LogP contribution in [-0.2, 0) is 0 Å². The summed E-state index contributed by atoms with van der Waals surface area (Å²) in [5, 5.41) is 0. The van der Waals surface area contributed by atoms with Crippen molar-refractivity contribution in [1.82, 2.24) is 4.23 Å². The monoisotopic (exact) mass is 243 g/mol. The van der Waals surface area contributed by atoms with Crippen molar-refractivity contribution in [2.45, 2.75) is 59.0 Å². The van der Waals surface area contributed by atoms with E-state index in [2.05, 4.69) is 62.6 Å². The Hall–Kier alpha value is 0.134. The Morgan fingerprint density at radius 2 is 1.33 bits per heavy atom. The second kappa shape index (κ2) is 6.01. The molecule has 0 N–H and O–H groups in total. The number of rotatable bonds is 6. The van der Waals surface area contributed by atoms with Crippen LogP contribution in [-0.4, -0.2) is 27.2 Å². The van der Waals surface area contributed by atoms with E-state index in [9.17, 15) is 0 Å².